The summed E-state index contributed by atoms with van der Waals surface area (Å²) in [6, 6.07) is 20.0. The largest absolute Gasteiger partial charge is 0.345 e. The van der Waals surface area contributed by atoms with E-state index in [0.29, 0.717) is 12.5 Å². The molecule has 0 radical (unpaired) electrons. The Morgan fingerprint density at radius 3 is 2.48 bits per heavy atom. The molecular formula is C25H29ClN2O. The summed E-state index contributed by atoms with van der Waals surface area (Å²) in [5, 5.41) is 0.737. The van der Waals surface area contributed by atoms with E-state index in [1.807, 2.05) is 60.4 Å². The quantitative estimate of drug-likeness (QED) is 0.457. The summed E-state index contributed by atoms with van der Waals surface area (Å²) in [6.07, 6.45) is 2.06. The molecule has 29 heavy (non-hydrogen) atoms. The van der Waals surface area contributed by atoms with Crippen LogP contribution in [-0.2, 0) is 13.1 Å². The van der Waals surface area contributed by atoms with Crippen molar-refractivity contribution < 1.29 is 4.79 Å². The topological polar surface area (TPSA) is 25.2 Å². The summed E-state index contributed by atoms with van der Waals surface area (Å²) < 4.78 is 2.19. The maximum Gasteiger partial charge on any atom is 0.254 e. The summed E-state index contributed by atoms with van der Waals surface area (Å²) >= 11 is 6.15. The van der Waals surface area contributed by atoms with E-state index in [9.17, 15) is 4.79 Å². The maximum atomic E-state index is 13.5. The summed E-state index contributed by atoms with van der Waals surface area (Å²) in [6.45, 7) is 9.74. The van der Waals surface area contributed by atoms with Crippen LogP contribution in [0.5, 0.6) is 0 Å². The number of aromatic nitrogens is 1. The summed E-state index contributed by atoms with van der Waals surface area (Å²) in [5.41, 5.74) is 4.03. The second kappa shape index (κ2) is 9.32. The molecule has 1 amide bonds. The van der Waals surface area contributed by atoms with Gasteiger partial charge in [0.15, 0.2) is 0 Å². The summed E-state index contributed by atoms with van der Waals surface area (Å²) in [5.74, 6) is 0.444. The van der Waals surface area contributed by atoms with Gasteiger partial charge in [0.2, 0.25) is 0 Å². The lowest BCUT2D eigenvalue weighted by atomic mass is 10.0. The Morgan fingerprint density at radius 2 is 1.79 bits per heavy atom. The van der Waals surface area contributed by atoms with Crippen molar-refractivity contribution in [2.24, 2.45) is 5.92 Å². The van der Waals surface area contributed by atoms with Crippen molar-refractivity contribution in [2.75, 3.05) is 0 Å². The van der Waals surface area contributed by atoms with Gasteiger partial charge in [-0.3, -0.25) is 4.79 Å². The van der Waals surface area contributed by atoms with Gasteiger partial charge >= 0.3 is 0 Å². The highest BCUT2D eigenvalue weighted by molar-refractivity contribution is 6.30. The smallest absolute Gasteiger partial charge is 0.254 e. The standard InChI is InChI=1S/C25H29ClN2O/c1-18(2)20(4)28(25(29)24-13-6-5-9-19(24)3)17-23-12-8-14-27(23)16-21-10-7-11-22(26)15-21/h5-15,18,20H,16-17H2,1-4H3/t20-/m1/s1. The Labute approximate surface area is 178 Å². The molecule has 1 heterocycles. The lowest BCUT2D eigenvalue weighted by Gasteiger charge is -2.33. The molecule has 0 bridgehead atoms. The van der Waals surface area contributed by atoms with Crippen LogP contribution in [0, 0.1) is 12.8 Å². The first kappa shape index (κ1) is 21.2. The van der Waals surface area contributed by atoms with Crippen molar-refractivity contribution in [3.63, 3.8) is 0 Å². The summed E-state index contributed by atoms with van der Waals surface area (Å²) in [4.78, 5) is 15.4. The number of carbonyl (C=O) groups is 1. The molecule has 4 heteroatoms. The van der Waals surface area contributed by atoms with Gasteiger partial charge in [-0.05, 0) is 61.2 Å². The molecule has 3 nitrogen and oxygen atoms in total. The number of benzene rings is 2. The Hall–Kier alpha value is -2.52. The van der Waals surface area contributed by atoms with Crippen LogP contribution in [0.15, 0.2) is 66.9 Å². The van der Waals surface area contributed by atoms with Gasteiger partial charge in [0.1, 0.15) is 0 Å². The summed E-state index contributed by atoms with van der Waals surface area (Å²) in [7, 11) is 0. The minimum atomic E-state index is 0.0832. The van der Waals surface area contributed by atoms with Crippen LogP contribution >= 0.6 is 11.6 Å². The van der Waals surface area contributed by atoms with Gasteiger partial charge in [0.05, 0.1) is 6.54 Å². The van der Waals surface area contributed by atoms with Crippen molar-refractivity contribution in [3.8, 4) is 0 Å². The van der Waals surface area contributed by atoms with Gasteiger partial charge in [0.25, 0.3) is 5.91 Å². The van der Waals surface area contributed by atoms with Crippen molar-refractivity contribution >= 4 is 17.5 Å². The molecule has 1 aromatic heterocycles. The fourth-order valence-corrected chi connectivity index (χ4v) is 3.69. The number of hydrogen-bond acceptors (Lipinski definition) is 1. The van der Waals surface area contributed by atoms with Gasteiger partial charge < -0.3 is 9.47 Å². The third-order valence-corrected chi connectivity index (χ3v) is 5.83. The number of amides is 1. The number of nitrogens with zero attached hydrogens (tertiary/aromatic N) is 2. The lowest BCUT2D eigenvalue weighted by molar-refractivity contribution is 0.0622. The van der Waals surface area contributed by atoms with Crippen LogP contribution in [-0.4, -0.2) is 21.4 Å². The maximum absolute atomic E-state index is 13.5. The molecule has 152 valence electrons. The third kappa shape index (κ3) is 5.10. The molecule has 0 spiro atoms. The van der Waals surface area contributed by atoms with Crippen LogP contribution in [0.2, 0.25) is 5.02 Å². The molecule has 3 aromatic rings. The van der Waals surface area contributed by atoms with Gasteiger partial charge in [-0.2, -0.15) is 0 Å². The van der Waals surface area contributed by atoms with Crippen LogP contribution in [0.4, 0.5) is 0 Å². The molecule has 1 atom stereocenters. The normalized spacial score (nSPS) is 12.2. The number of carbonyl (C=O) groups excluding carboxylic acids is 1. The average Bonchev–Trinajstić information content (AvgIpc) is 3.12. The molecule has 0 unspecified atom stereocenters. The number of halogens is 1. The van der Waals surface area contributed by atoms with Gasteiger partial charge in [-0.15, -0.1) is 0 Å². The van der Waals surface area contributed by atoms with Crippen LogP contribution in [0.25, 0.3) is 0 Å². The highest BCUT2D eigenvalue weighted by Gasteiger charge is 2.25. The Bertz CT molecular complexity index is 976. The van der Waals surface area contributed by atoms with E-state index < -0.39 is 0 Å². The average molecular weight is 409 g/mol. The minimum Gasteiger partial charge on any atom is -0.345 e. The zero-order valence-electron chi connectivity index (χ0n) is 17.6. The second-order valence-corrected chi connectivity index (χ2v) is 8.43. The number of hydrogen-bond donors (Lipinski definition) is 0. The first-order valence-corrected chi connectivity index (χ1v) is 10.5. The first-order chi connectivity index (χ1) is 13.9. The van der Waals surface area contributed by atoms with Gasteiger partial charge in [0, 0.05) is 35.1 Å². The molecule has 2 aromatic carbocycles. The molecule has 0 aliphatic heterocycles. The highest BCUT2D eigenvalue weighted by atomic mass is 35.5. The van der Waals surface area contributed by atoms with E-state index in [4.69, 9.17) is 11.6 Å². The van der Waals surface area contributed by atoms with Crippen LogP contribution < -0.4 is 0 Å². The fourth-order valence-electron chi connectivity index (χ4n) is 3.48. The van der Waals surface area contributed by atoms with E-state index in [1.54, 1.807) is 0 Å². The SMILES string of the molecule is Cc1ccccc1C(=O)N(Cc1cccn1Cc1cccc(Cl)c1)[C@H](C)C(C)C. The molecule has 3 rings (SSSR count). The monoisotopic (exact) mass is 408 g/mol. The van der Waals surface area contributed by atoms with E-state index in [1.165, 1.54) is 0 Å². The zero-order valence-corrected chi connectivity index (χ0v) is 18.4. The number of rotatable bonds is 7. The van der Waals surface area contributed by atoms with Gasteiger partial charge in [-0.1, -0.05) is 55.8 Å². The molecule has 0 aliphatic carbocycles. The Morgan fingerprint density at radius 1 is 1.03 bits per heavy atom. The molecule has 0 N–H and O–H groups in total. The van der Waals surface area contributed by atoms with Crippen molar-refractivity contribution in [2.45, 2.75) is 46.8 Å². The minimum absolute atomic E-state index is 0.0832. The Kier molecular flexibility index (Phi) is 6.81. The number of aryl methyl sites for hydroxylation is 1. The molecule has 0 fully saturated rings. The molecule has 0 saturated carbocycles. The first-order valence-electron chi connectivity index (χ1n) is 10.1. The van der Waals surface area contributed by atoms with E-state index in [0.717, 1.165) is 34.0 Å². The van der Waals surface area contributed by atoms with E-state index in [2.05, 4.69) is 43.7 Å². The highest BCUT2D eigenvalue weighted by Crippen LogP contribution is 2.21. The predicted octanol–water partition coefficient (Wildman–Crippen LogP) is 6.19. The molecule has 0 aliphatic rings. The van der Waals surface area contributed by atoms with Crippen molar-refractivity contribution in [3.05, 3.63) is 94.3 Å². The molecule has 0 saturated heterocycles. The van der Waals surface area contributed by atoms with Gasteiger partial charge in [-0.25, -0.2) is 0 Å². The van der Waals surface area contributed by atoms with E-state index >= 15 is 0 Å². The third-order valence-electron chi connectivity index (χ3n) is 5.59. The van der Waals surface area contributed by atoms with Crippen LogP contribution in [0.3, 0.4) is 0 Å². The van der Waals surface area contributed by atoms with Crippen LogP contribution in [0.1, 0.15) is 48.0 Å². The fraction of sp³-hybridized carbons (Fsp3) is 0.320. The molecular weight excluding hydrogens is 380 g/mol. The lowest BCUT2D eigenvalue weighted by Crippen LogP contribution is -2.41. The predicted molar refractivity (Wildman–Crippen MR) is 120 cm³/mol. The zero-order chi connectivity index (χ0) is 21.0. The Balaban J connectivity index is 1.88. The van der Waals surface area contributed by atoms with E-state index in [-0.39, 0.29) is 11.9 Å². The second-order valence-electron chi connectivity index (χ2n) is 7.99. The van der Waals surface area contributed by atoms with Crippen molar-refractivity contribution in [1.82, 2.24) is 9.47 Å². The van der Waals surface area contributed by atoms with Crippen molar-refractivity contribution in [1.29, 1.82) is 0 Å².